The molecule has 0 radical (unpaired) electrons. The van der Waals surface area contributed by atoms with Gasteiger partial charge in [0.15, 0.2) is 0 Å². The van der Waals surface area contributed by atoms with Crippen LogP contribution in [0.5, 0.6) is 0 Å². The normalized spacial score (nSPS) is 33.4. The molecule has 0 aliphatic heterocycles. The van der Waals surface area contributed by atoms with E-state index in [1.165, 1.54) is 49.0 Å². The van der Waals surface area contributed by atoms with Crippen molar-refractivity contribution in [2.45, 2.75) is 49.3 Å². The average Bonchev–Trinajstić information content (AvgIpc) is 2.60. The quantitative estimate of drug-likeness (QED) is 0.770. The molecule has 5 rings (SSSR count). The van der Waals surface area contributed by atoms with Crippen LogP contribution in [0.3, 0.4) is 0 Å². The van der Waals surface area contributed by atoms with Gasteiger partial charge < -0.3 is 10.2 Å². The molecule has 26 heavy (non-hydrogen) atoms. The molecule has 1 aromatic carbocycles. The summed E-state index contributed by atoms with van der Waals surface area (Å²) in [5.74, 6) is 3.72. The van der Waals surface area contributed by atoms with Crippen LogP contribution >= 0.6 is 11.8 Å². The van der Waals surface area contributed by atoms with Gasteiger partial charge in [-0.2, -0.15) is 0 Å². The molecule has 1 amide bonds. The van der Waals surface area contributed by atoms with E-state index in [-0.39, 0.29) is 5.91 Å². The Hall–Kier alpha value is -1.00. The van der Waals surface area contributed by atoms with Crippen molar-refractivity contribution >= 4 is 17.7 Å². The molecule has 4 aliphatic rings. The van der Waals surface area contributed by atoms with Gasteiger partial charge in [0.05, 0.1) is 26.4 Å². The molecule has 4 bridgehead atoms. The van der Waals surface area contributed by atoms with Crippen molar-refractivity contribution in [3.05, 3.63) is 35.9 Å². The summed E-state index contributed by atoms with van der Waals surface area (Å²) in [6, 6.07) is 10.8. The van der Waals surface area contributed by atoms with Gasteiger partial charge in [-0.3, -0.25) is 4.79 Å². The first-order valence-corrected chi connectivity index (χ1v) is 11.3. The van der Waals surface area contributed by atoms with Crippen LogP contribution in [-0.2, 0) is 4.79 Å². The summed E-state index contributed by atoms with van der Waals surface area (Å²) in [7, 11) is 4.32. The zero-order valence-electron chi connectivity index (χ0n) is 16.2. The van der Waals surface area contributed by atoms with Crippen LogP contribution in [-0.4, -0.2) is 37.0 Å². The number of carbonyl (C=O) groups excluding carboxylic acids is 1. The Morgan fingerprint density at radius 1 is 1.12 bits per heavy atom. The molecular formula is C22H33N2OS+. The van der Waals surface area contributed by atoms with Crippen molar-refractivity contribution in [3.63, 3.8) is 0 Å². The van der Waals surface area contributed by atoms with Gasteiger partial charge in [0, 0.05) is 10.3 Å². The standard InChI is InChI=1S/C22H32N2OS/c1-24(2)20(19-6-4-3-5-7-19)14-23-21(25)15-26-22-11-16-8-17(12-22)10-18(9-16)13-22/h3-7,16-18,20H,8-15H2,1-2H3,(H,23,25)/p+1/t16?,17?,18?,20-,22?/m0/s1. The molecule has 0 saturated heterocycles. The molecule has 0 unspecified atom stereocenters. The second-order valence-electron chi connectivity index (χ2n) is 9.23. The van der Waals surface area contributed by atoms with Gasteiger partial charge in [-0.15, -0.1) is 11.8 Å². The fourth-order valence-electron chi connectivity index (χ4n) is 6.03. The Balaban J connectivity index is 1.29. The highest BCUT2D eigenvalue weighted by Crippen LogP contribution is 2.60. The van der Waals surface area contributed by atoms with E-state index >= 15 is 0 Å². The van der Waals surface area contributed by atoms with E-state index in [4.69, 9.17) is 0 Å². The van der Waals surface area contributed by atoms with Gasteiger partial charge in [-0.05, 0) is 56.3 Å². The van der Waals surface area contributed by atoms with Crippen LogP contribution in [0.15, 0.2) is 30.3 Å². The van der Waals surface area contributed by atoms with Crippen molar-refractivity contribution in [1.29, 1.82) is 0 Å². The van der Waals surface area contributed by atoms with E-state index < -0.39 is 0 Å². The largest absolute Gasteiger partial charge is 0.349 e. The van der Waals surface area contributed by atoms with Crippen LogP contribution in [0.1, 0.15) is 50.1 Å². The molecule has 1 aromatic rings. The van der Waals surface area contributed by atoms with Gasteiger partial charge >= 0.3 is 0 Å². The number of carbonyl (C=O) groups is 1. The topological polar surface area (TPSA) is 33.5 Å². The Morgan fingerprint density at radius 3 is 2.23 bits per heavy atom. The number of hydrogen-bond donors (Lipinski definition) is 2. The lowest BCUT2D eigenvalue weighted by atomic mass is 9.56. The van der Waals surface area contributed by atoms with Gasteiger partial charge in [0.2, 0.25) is 5.91 Å². The number of hydrogen-bond acceptors (Lipinski definition) is 2. The van der Waals surface area contributed by atoms with Crippen molar-refractivity contribution in [3.8, 4) is 0 Å². The number of amides is 1. The van der Waals surface area contributed by atoms with Crippen LogP contribution < -0.4 is 10.2 Å². The summed E-state index contributed by atoms with van der Waals surface area (Å²) in [6.45, 7) is 0.715. The Bertz CT molecular complexity index is 595. The second kappa shape index (κ2) is 7.55. The minimum atomic E-state index is 0.216. The average molecular weight is 374 g/mol. The second-order valence-corrected chi connectivity index (χ2v) is 10.7. The number of nitrogens with one attached hydrogen (secondary N) is 2. The molecule has 0 aromatic heterocycles. The third-order valence-electron chi connectivity index (χ3n) is 6.89. The Labute approximate surface area is 162 Å². The van der Waals surface area contributed by atoms with E-state index in [2.05, 4.69) is 43.7 Å². The number of likely N-dealkylation sites (N-methyl/N-ethyl adjacent to an activating group) is 1. The summed E-state index contributed by atoms with van der Waals surface area (Å²) in [6.07, 6.45) is 8.51. The lowest BCUT2D eigenvalue weighted by Crippen LogP contribution is -3.07. The molecule has 0 spiro atoms. The Kier molecular flexibility index (Phi) is 5.34. The molecule has 0 heterocycles. The van der Waals surface area contributed by atoms with E-state index in [1.807, 2.05) is 17.8 Å². The minimum absolute atomic E-state index is 0.216. The fraction of sp³-hybridized carbons (Fsp3) is 0.682. The SMILES string of the molecule is C[NH+](C)[C@@H](CNC(=O)CSC12CC3CC(CC(C3)C1)C2)c1ccccc1. The number of quaternary nitrogens is 1. The predicted octanol–water partition coefficient (Wildman–Crippen LogP) is 2.69. The van der Waals surface area contributed by atoms with E-state index in [0.717, 1.165) is 17.8 Å². The van der Waals surface area contributed by atoms with E-state index in [0.29, 0.717) is 23.1 Å². The summed E-state index contributed by atoms with van der Waals surface area (Å²) >= 11 is 1.98. The van der Waals surface area contributed by atoms with E-state index in [9.17, 15) is 4.79 Å². The molecule has 4 saturated carbocycles. The van der Waals surface area contributed by atoms with Gasteiger partial charge in [0.25, 0.3) is 0 Å². The zero-order chi connectivity index (χ0) is 18.1. The number of thioether (sulfide) groups is 1. The zero-order valence-corrected chi connectivity index (χ0v) is 17.0. The highest BCUT2D eigenvalue weighted by molar-refractivity contribution is 8.01. The lowest BCUT2D eigenvalue weighted by Gasteiger charge is -2.56. The maximum Gasteiger partial charge on any atom is 0.230 e. The molecule has 4 fully saturated rings. The van der Waals surface area contributed by atoms with Gasteiger partial charge in [-0.25, -0.2) is 0 Å². The Morgan fingerprint density at radius 2 is 1.69 bits per heavy atom. The maximum atomic E-state index is 12.6. The minimum Gasteiger partial charge on any atom is -0.349 e. The summed E-state index contributed by atoms with van der Waals surface area (Å²) in [5, 5.41) is 3.21. The van der Waals surface area contributed by atoms with Gasteiger partial charge in [0.1, 0.15) is 6.04 Å². The first-order valence-electron chi connectivity index (χ1n) is 10.3. The van der Waals surface area contributed by atoms with Crippen molar-refractivity contribution in [1.82, 2.24) is 5.32 Å². The van der Waals surface area contributed by atoms with Crippen molar-refractivity contribution in [2.24, 2.45) is 17.8 Å². The third-order valence-corrected chi connectivity index (χ3v) is 8.41. The smallest absolute Gasteiger partial charge is 0.230 e. The van der Waals surface area contributed by atoms with Crippen molar-refractivity contribution in [2.75, 3.05) is 26.4 Å². The van der Waals surface area contributed by atoms with Crippen LogP contribution in [0.2, 0.25) is 0 Å². The van der Waals surface area contributed by atoms with Crippen LogP contribution in [0.25, 0.3) is 0 Å². The predicted molar refractivity (Wildman–Crippen MR) is 108 cm³/mol. The highest BCUT2D eigenvalue weighted by atomic mass is 32.2. The van der Waals surface area contributed by atoms with Crippen LogP contribution in [0, 0.1) is 17.8 Å². The first-order chi connectivity index (χ1) is 12.5. The molecule has 3 nitrogen and oxygen atoms in total. The van der Waals surface area contributed by atoms with Crippen LogP contribution in [0.4, 0.5) is 0 Å². The summed E-state index contributed by atoms with van der Waals surface area (Å²) in [5.41, 5.74) is 1.29. The van der Waals surface area contributed by atoms with Crippen molar-refractivity contribution < 1.29 is 9.69 Å². The summed E-state index contributed by atoms with van der Waals surface area (Å²) < 4.78 is 0.428. The molecular weight excluding hydrogens is 340 g/mol. The first kappa shape index (κ1) is 18.4. The molecule has 4 aliphatic carbocycles. The lowest BCUT2D eigenvalue weighted by molar-refractivity contribution is -0.890. The highest BCUT2D eigenvalue weighted by Gasteiger charge is 2.51. The number of rotatable bonds is 7. The number of benzene rings is 1. The third kappa shape index (κ3) is 3.96. The molecule has 2 N–H and O–H groups in total. The fourth-order valence-corrected chi connectivity index (χ4v) is 7.63. The molecule has 142 valence electrons. The van der Waals surface area contributed by atoms with Gasteiger partial charge in [-0.1, -0.05) is 30.3 Å². The van der Waals surface area contributed by atoms with E-state index in [1.54, 1.807) is 0 Å². The summed E-state index contributed by atoms with van der Waals surface area (Å²) in [4.78, 5) is 13.9. The monoisotopic (exact) mass is 373 g/mol. The molecule has 4 heteroatoms. The molecule has 1 atom stereocenters. The maximum absolute atomic E-state index is 12.6.